The van der Waals surface area contributed by atoms with Crippen molar-refractivity contribution in [3.05, 3.63) is 54.0 Å². The Bertz CT molecular complexity index is 759. The van der Waals surface area contributed by atoms with Crippen molar-refractivity contribution in [3.63, 3.8) is 0 Å². The van der Waals surface area contributed by atoms with Gasteiger partial charge in [0.2, 0.25) is 0 Å². The van der Waals surface area contributed by atoms with Gasteiger partial charge in [0.05, 0.1) is 6.54 Å². The quantitative estimate of drug-likeness (QED) is 0.739. The van der Waals surface area contributed by atoms with E-state index >= 15 is 0 Å². The van der Waals surface area contributed by atoms with Crippen molar-refractivity contribution >= 4 is 16.9 Å². The van der Waals surface area contributed by atoms with Crippen LogP contribution in [0.2, 0.25) is 0 Å². The van der Waals surface area contributed by atoms with E-state index < -0.39 is 0 Å². The molecule has 1 aromatic carbocycles. The first-order chi connectivity index (χ1) is 10.1. The maximum Gasteiger partial charge on any atom is 0.253 e. The van der Waals surface area contributed by atoms with Crippen LogP contribution >= 0.6 is 0 Å². The first-order valence-corrected chi connectivity index (χ1v) is 6.86. The average molecular weight is 283 g/mol. The molecule has 0 aliphatic carbocycles. The van der Waals surface area contributed by atoms with Gasteiger partial charge in [-0.25, -0.2) is 0 Å². The number of fused-ring (bicyclic) bond motifs is 1. The van der Waals surface area contributed by atoms with Crippen molar-refractivity contribution < 1.29 is 9.21 Å². The van der Waals surface area contributed by atoms with E-state index in [-0.39, 0.29) is 5.91 Å². The first kappa shape index (κ1) is 13.4. The summed E-state index contributed by atoms with van der Waals surface area (Å²) in [4.78, 5) is 14.1. The van der Waals surface area contributed by atoms with Gasteiger partial charge in [-0.15, -0.1) is 0 Å². The van der Waals surface area contributed by atoms with E-state index in [1.54, 1.807) is 24.2 Å². The van der Waals surface area contributed by atoms with Crippen molar-refractivity contribution in [2.24, 2.45) is 0 Å². The molecule has 0 saturated heterocycles. The molecule has 5 heteroatoms. The number of carbonyl (C=O) groups is 1. The molecule has 5 nitrogen and oxygen atoms in total. The molecule has 0 spiro atoms. The number of carbonyl (C=O) groups excluding carboxylic acids is 1. The van der Waals surface area contributed by atoms with E-state index in [0.29, 0.717) is 18.7 Å². The van der Waals surface area contributed by atoms with Crippen LogP contribution in [0.4, 0.5) is 0 Å². The van der Waals surface area contributed by atoms with Crippen LogP contribution in [-0.4, -0.2) is 34.2 Å². The minimum Gasteiger partial charge on any atom is -0.461 e. The number of aryl methyl sites for hydroxylation is 1. The lowest BCUT2D eigenvalue weighted by Gasteiger charge is -2.17. The molecular weight excluding hydrogens is 266 g/mol. The van der Waals surface area contributed by atoms with E-state index in [1.807, 2.05) is 42.1 Å². The molecule has 21 heavy (non-hydrogen) atoms. The van der Waals surface area contributed by atoms with Gasteiger partial charge >= 0.3 is 0 Å². The Labute approximate surface area is 122 Å². The van der Waals surface area contributed by atoms with Crippen molar-refractivity contribution in [3.8, 4) is 0 Å². The lowest BCUT2D eigenvalue weighted by Crippen LogP contribution is -2.30. The summed E-state index contributed by atoms with van der Waals surface area (Å²) in [6.45, 7) is 3.20. The molecule has 0 fully saturated rings. The predicted octanol–water partition coefficient (Wildman–Crippen LogP) is 2.71. The number of hydrogen-bond acceptors (Lipinski definition) is 3. The Kier molecular flexibility index (Phi) is 3.48. The lowest BCUT2D eigenvalue weighted by molar-refractivity contribution is 0.0789. The third-order valence-electron chi connectivity index (χ3n) is 3.46. The van der Waals surface area contributed by atoms with Crippen LogP contribution in [0.15, 0.2) is 47.1 Å². The highest BCUT2D eigenvalue weighted by Crippen LogP contribution is 2.20. The smallest absolute Gasteiger partial charge is 0.253 e. The van der Waals surface area contributed by atoms with Gasteiger partial charge in [0.25, 0.3) is 5.91 Å². The minimum absolute atomic E-state index is 0.00269. The Morgan fingerprint density at radius 2 is 2.24 bits per heavy atom. The summed E-state index contributed by atoms with van der Waals surface area (Å²) in [5.74, 6) is 0.851. The summed E-state index contributed by atoms with van der Waals surface area (Å²) in [6, 6.07) is 9.33. The fraction of sp³-hybridized carbons (Fsp3) is 0.250. The number of hydrogen-bond donors (Lipinski definition) is 0. The molecular formula is C16H17N3O2. The Morgan fingerprint density at radius 1 is 1.38 bits per heavy atom. The average Bonchev–Trinajstić information content (AvgIpc) is 3.10. The summed E-state index contributed by atoms with van der Waals surface area (Å²) < 4.78 is 7.33. The Morgan fingerprint density at radius 3 is 3.00 bits per heavy atom. The zero-order chi connectivity index (χ0) is 14.8. The minimum atomic E-state index is 0.00269. The molecule has 3 aromatic rings. The van der Waals surface area contributed by atoms with Crippen LogP contribution in [0.5, 0.6) is 0 Å². The van der Waals surface area contributed by atoms with Crippen LogP contribution < -0.4 is 0 Å². The highest BCUT2D eigenvalue weighted by molar-refractivity contribution is 5.97. The summed E-state index contributed by atoms with van der Waals surface area (Å²) >= 11 is 0. The molecule has 0 saturated carbocycles. The Balaban J connectivity index is 1.72. The molecule has 0 N–H and O–H groups in total. The summed E-state index contributed by atoms with van der Waals surface area (Å²) in [6.07, 6.45) is 3.62. The molecule has 0 atom stereocenters. The molecule has 108 valence electrons. The third kappa shape index (κ3) is 2.81. The number of furan rings is 1. The van der Waals surface area contributed by atoms with E-state index in [2.05, 4.69) is 5.10 Å². The molecule has 0 radical (unpaired) electrons. The van der Waals surface area contributed by atoms with Gasteiger partial charge in [-0.2, -0.15) is 5.10 Å². The number of rotatable bonds is 4. The second-order valence-electron chi connectivity index (χ2n) is 5.11. The van der Waals surface area contributed by atoms with Gasteiger partial charge in [0.15, 0.2) is 0 Å². The van der Waals surface area contributed by atoms with Crippen molar-refractivity contribution in [2.45, 2.75) is 13.5 Å². The van der Waals surface area contributed by atoms with Gasteiger partial charge in [-0.05, 0) is 37.3 Å². The summed E-state index contributed by atoms with van der Waals surface area (Å²) in [7, 11) is 1.80. The monoisotopic (exact) mass is 283 g/mol. The van der Waals surface area contributed by atoms with Crippen LogP contribution in [0.25, 0.3) is 11.0 Å². The van der Waals surface area contributed by atoms with E-state index in [9.17, 15) is 4.79 Å². The molecule has 2 aromatic heterocycles. The van der Waals surface area contributed by atoms with Gasteiger partial charge in [0, 0.05) is 36.9 Å². The first-order valence-electron chi connectivity index (χ1n) is 6.86. The number of aromatic nitrogens is 2. The standard InChI is InChI=1S/C16H17N3O2/c1-12-10-14-11-13(4-5-15(14)21-12)16(20)18(2)8-9-19-7-3-6-17-19/h3-7,10-11H,8-9H2,1-2H3. The maximum atomic E-state index is 12.4. The molecule has 0 aliphatic heterocycles. The van der Waals surface area contributed by atoms with Gasteiger partial charge in [-0.3, -0.25) is 9.48 Å². The molecule has 0 unspecified atom stereocenters. The van der Waals surface area contributed by atoms with Crippen molar-refractivity contribution in [1.29, 1.82) is 0 Å². The Hall–Kier alpha value is -2.56. The van der Waals surface area contributed by atoms with Crippen LogP contribution in [0.1, 0.15) is 16.1 Å². The summed E-state index contributed by atoms with van der Waals surface area (Å²) in [5.41, 5.74) is 1.48. The molecule has 0 bridgehead atoms. The summed E-state index contributed by atoms with van der Waals surface area (Å²) in [5, 5.41) is 5.09. The van der Waals surface area contributed by atoms with Crippen molar-refractivity contribution in [1.82, 2.24) is 14.7 Å². The number of nitrogens with zero attached hydrogens (tertiary/aromatic N) is 3. The zero-order valence-corrected chi connectivity index (χ0v) is 12.1. The molecule has 0 aliphatic rings. The topological polar surface area (TPSA) is 51.3 Å². The van der Waals surface area contributed by atoms with Crippen LogP contribution in [0.3, 0.4) is 0 Å². The third-order valence-corrected chi connectivity index (χ3v) is 3.46. The van der Waals surface area contributed by atoms with E-state index in [4.69, 9.17) is 4.42 Å². The fourth-order valence-corrected chi connectivity index (χ4v) is 2.32. The SMILES string of the molecule is Cc1cc2cc(C(=O)N(C)CCn3cccn3)ccc2o1. The number of likely N-dealkylation sites (N-methyl/N-ethyl adjacent to an activating group) is 1. The highest BCUT2D eigenvalue weighted by Gasteiger charge is 2.13. The van der Waals surface area contributed by atoms with E-state index in [1.165, 1.54) is 0 Å². The molecule has 2 heterocycles. The van der Waals surface area contributed by atoms with E-state index in [0.717, 1.165) is 16.7 Å². The van der Waals surface area contributed by atoms with Gasteiger partial charge in [-0.1, -0.05) is 0 Å². The maximum absolute atomic E-state index is 12.4. The highest BCUT2D eigenvalue weighted by atomic mass is 16.3. The molecule has 3 rings (SSSR count). The molecule has 1 amide bonds. The number of benzene rings is 1. The fourth-order valence-electron chi connectivity index (χ4n) is 2.32. The second kappa shape index (κ2) is 5.44. The largest absolute Gasteiger partial charge is 0.461 e. The normalized spacial score (nSPS) is 11.0. The zero-order valence-electron chi connectivity index (χ0n) is 12.1. The lowest BCUT2D eigenvalue weighted by atomic mass is 10.1. The predicted molar refractivity (Wildman–Crippen MR) is 80.1 cm³/mol. The van der Waals surface area contributed by atoms with Gasteiger partial charge < -0.3 is 9.32 Å². The van der Waals surface area contributed by atoms with Crippen molar-refractivity contribution in [2.75, 3.05) is 13.6 Å². The second-order valence-corrected chi connectivity index (χ2v) is 5.11. The number of amides is 1. The van der Waals surface area contributed by atoms with Crippen LogP contribution in [0, 0.1) is 6.92 Å². The van der Waals surface area contributed by atoms with Crippen LogP contribution in [-0.2, 0) is 6.54 Å². The van der Waals surface area contributed by atoms with Gasteiger partial charge in [0.1, 0.15) is 11.3 Å².